The molecule has 0 aromatic rings. The lowest BCUT2D eigenvalue weighted by atomic mass is 10.4. The Labute approximate surface area is 88.9 Å². The molecule has 0 aromatic carbocycles. The van der Waals surface area contributed by atoms with E-state index in [1.807, 2.05) is 0 Å². The Morgan fingerprint density at radius 1 is 1.47 bits per heavy atom. The van der Waals surface area contributed by atoms with Crippen LogP contribution in [0.3, 0.4) is 0 Å². The number of nitrogens with zero attached hydrogens (tertiary/aromatic N) is 1. The highest BCUT2D eigenvalue weighted by molar-refractivity contribution is 5.81. The molecule has 0 saturated heterocycles. The summed E-state index contributed by atoms with van der Waals surface area (Å²) in [5.41, 5.74) is 4.41. The van der Waals surface area contributed by atoms with Gasteiger partial charge in [0.05, 0.1) is 13.2 Å². The SMILES string of the molecule is C=CCN(CCO)CC(=O)NNC(C)=O. The standard InChI is InChI=1S/C9H17N3O3/c1-3-4-12(5-6-13)7-9(15)11-10-8(2)14/h3,13H,1,4-7H2,2H3,(H,10,14)(H,11,15). The van der Waals surface area contributed by atoms with Crippen molar-refractivity contribution in [1.29, 1.82) is 0 Å². The topological polar surface area (TPSA) is 81.7 Å². The van der Waals surface area contributed by atoms with E-state index in [0.29, 0.717) is 13.1 Å². The van der Waals surface area contributed by atoms with Crippen molar-refractivity contribution in [3.63, 3.8) is 0 Å². The lowest BCUT2D eigenvalue weighted by molar-refractivity contribution is -0.128. The summed E-state index contributed by atoms with van der Waals surface area (Å²) in [5.74, 6) is -0.665. The maximum atomic E-state index is 11.2. The average molecular weight is 215 g/mol. The van der Waals surface area contributed by atoms with Crippen molar-refractivity contribution >= 4 is 11.8 Å². The first-order valence-corrected chi connectivity index (χ1v) is 4.59. The van der Waals surface area contributed by atoms with E-state index in [1.165, 1.54) is 6.92 Å². The molecule has 0 heterocycles. The number of amides is 2. The summed E-state index contributed by atoms with van der Waals surface area (Å²) in [5, 5.41) is 8.72. The molecule has 0 aliphatic rings. The van der Waals surface area contributed by atoms with Crippen LogP contribution in [0.5, 0.6) is 0 Å². The van der Waals surface area contributed by atoms with Crippen molar-refractivity contribution in [3.8, 4) is 0 Å². The molecule has 15 heavy (non-hydrogen) atoms. The molecular formula is C9H17N3O3. The van der Waals surface area contributed by atoms with Crippen LogP contribution in [0.25, 0.3) is 0 Å². The van der Waals surface area contributed by atoms with E-state index in [-0.39, 0.29) is 25.0 Å². The molecule has 2 amide bonds. The highest BCUT2D eigenvalue weighted by Crippen LogP contribution is 1.87. The molecule has 0 aliphatic carbocycles. The minimum atomic E-state index is -0.333. The fourth-order valence-electron chi connectivity index (χ4n) is 0.959. The van der Waals surface area contributed by atoms with E-state index in [0.717, 1.165) is 0 Å². The second kappa shape index (κ2) is 7.95. The zero-order valence-electron chi connectivity index (χ0n) is 8.82. The third-order valence-corrected chi connectivity index (χ3v) is 1.55. The third kappa shape index (κ3) is 7.65. The van der Waals surface area contributed by atoms with Crippen molar-refractivity contribution in [1.82, 2.24) is 15.8 Å². The van der Waals surface area contributed by atoms with Crippen LogP contribution in [0, 0.1) is 0 Å². The monoisotopic (exact) mass is 215 g/mol. The van der Waals surface area contributed by atoms with E-state index in [4.69, 9.17) is 5.11 Å². The lowest BCUT2D eigenvalue weighted by Crippen LogP contribution is -2.46. The van der Waals surface area contributed by atoms with Crippen LogP contribution in [0.4, 0.5) is 0 Å². The number of aliphatic hydroxyl groups is 1. The number of nitrogens with one attached hydrogen (secondary N) is 2. The van der Waals surface area contributed by atoms with Crippen LogP contribution in [0.15, 0.2) is 12.7 Å². The number of rotatable bonds is 6. The molecule has 0 rings (SSSR count). The minimum Gasteiger partial charge on any atom is -0.395 e. The van der Waals surface area contributed by atoms with Gasteiger partial charge in [0.25, 0.3) is 5.91 Å². The van der Waals surface area contributed by atoms with Gasteiger partial charge in [-0.25, -0.2) is 0 Å². The smallest absolute Gasteiger partial charge is 0.252 e. The van der Waals surface area contributed by atoms with Crippen LogP contribution in [0.1, 0.15) is 6.92 Å². The molecule has 0 aromatic heterocycles. The second-order valence-corrected chi connectivity index (χ2v) is 2.98. The number of hydrogen-bond acceptors (Lipinski definition) is 4. The maximum absolute atomic E-state index is 11.2. The van der Waals surface area contributed by atoms with Gasteiger partial charge in [0.2, 0.25) is 5.91 Å². The van der Waals surface area contributed by atoms with Gasteiger partial charge in [0.15, 0.2) is 0 Å². The third-order valence-electron chi connectivity index (χ3n) is 1.55. The first-order valence-electron chi connectivity index (χ1n) is 4.59. The zero-order chi connectivity index (χ0) is 11.7. The lowest BCUT2D eigenvalue weighted by Gasteiger charge is -2.18. The van der Waals surface area contributed by atoms with Crippen LogP contribution in [-0.4, -0.2) is 48.1 Å². The van der Waals surface area contributed by atoms with E-state index in [2.05, 4.69) is 17.4 Å². The molecule has 3 N–H and O–H groups in total. The highest BCUT2D eigenvalue weighted by atomic mass is 16.3. The summed E-state index contributed by atoms with van der Waals surface area (Å²) in [7, 11) is 0. The molecular weight excluding hydrogens is 198 g/mol. The fraction of sp³-hybridized carbons (Fsp3) is 0.556. The number of hydrogen-bond donors (Lipinski definition) is 3. The largest absolute Gasteiger partial charge is 0.395 e. The average Bonchev–Trinajstić information content (AvgIpc) is 2.15. The molecule has 0 spiro atoms. The number of carbonyl (C=O) groups is 2. The van der Waals surface area contributed by atoms with E-state index in [9.17, 15) is 9.59 Å². The van der Waals surface area contributed by atoms with Crippen LogP contribution >= 0.6 is 0 Å². The van der Waals surface area contributed by atoms with Gasteiger partial charge in [-0.2, -0.15) is 0 Å². The quantitative estimate of drug-likeness (QED) is 0.377. The molecule has 0 fully saturated rings. The maximum Gasteiger partial charge on any atom is 0.252 e. The summed E-state index contributed by atoms with van der Waals surface area (Å²) in [6.45, 7) is 5.81. The summed E-state index contributed by atoms with van der Waals surface area (Å²) < 4.78 is 0. The van der Waals surface area contributed by atoms with Gasteiger partial charge in [-0.05, 0) is 0 Å². The Morgan fingerprint density at radius 3 is 2.60 bits per heavy atom. The zero-order valence-corrected chi connectivity index (χ0v) is 8.82. The van der Waals surface area contributed by atoms with Crippen LogP contribution in [0.2, 0.25) is 0 Å². The van der Waals surface area contributed by atoms with Gasteiger partial charge in [-0.15, -0.1) is 6.58 Å². The molecule has 0 unspecified atom stereocenters. The Hall–Kier alpha value is -1.40. The molecule has 0 radical (unpaired) electrons. The molecule has 0 bridgehead atoms. The van der Waals surface area contributed by atoms with Crippen LogP contribution < -0.4 is 10.9 Å². The predicted molar refractivity (Wildman–Crippen MR) is 55.7 cm³/mol. The van der Waals surface area contributed by atoms with Gasteiger partial charge >= 0.3 is 0 Å². The van der Waals surface area contributed by atoms with Crippen LogP contribution in [-0.2, 0) is 9.59 Å². The Kier molecular flexibility index (Phi) is 7.21. The second-order valence-electron chi connectivity index (χ2n) is 2.98. The Morgan fingerprint density at radius 2 is 2.13 bits per heavy atom. The van der Waals surface area contributed by atoms with Gasteiger partial charge in [-0.3, -0.25) is 25.3 Å². The summed E-state index contributed by atoms with van der Waals surface area (Å²) in [6.07, 6.45) is 1.64. The van der Waals surface area contributed by atoms with Gasteiger partial charge in [0, 0.05) is 20.0 Å². The molecule has 0 aliphatic heterocycles. The Balaban J connectivity index is 3.87. The number of aliphatic hydroxyl groups excluding tert-OH is 1. The first kappa shape index (κ1) is 13.6. The highest BCUT2D eigenvalue weighted by Gasteiger charge is 2.08. The normalized spacial score (nSPS) is 9.80. The molecule has 0 saturated carbocycles. The van der Waals surface area contributed by atoms with Gasteiger partial charge in [-0.1, -0.05) is 6.08 Å². The van der Waals surface area contributed by atoms with Crippen molar-refractivity contribution in [2.75, 3.05) is 26.2 Å². The van der Waals surface area contributed by atoms with Gasteiger partial charge < -0.3 is 5.11 Å². The van der Waals surface area contributed by atoms with Gasteiger partial charge in [0.1, 0.15) is 0 Å². The van der Waals surface area contributed by atoms with Crippen molar-refractivity contribution < 1.29 is 14.7 Å². The summed E-state index contributed by atoms with van der Waals surface area (Å²) in [4.78, 5) is 23.4. The molecule has 0 atom stereocenters. The first-order chi connectivity index (χ1) is 7.10. The van der Waals surface area contributed by atoms with E-state index < -0.39 is 0 Å². The predicted octanol–water partition coefficient (Wildman–Crippen LogP) is -1.37. The molecule has 86 valence electrons. The van der Waals surface area contributed by atoms with Crippen molar-refractivity contribution in [2.45, 2.75) is 6.92 Å². The van der Waals surface area contributed by atoms with E-state index in [1.54, 1.807) is 11.0 Å². The summed E-state index contributed by atoms with van der Waals surface area (Å²) in [6, 6.07) is 0. The molecule has 6 heteroatoms. The number of hydrazine groups is 1. The van der Waals surface area contributed by atoms with E-state index >= 15 is 0 Å². The van der Waals surface area contributed by atoms with Crippen molar-refractivity contribution in [2.24, 2.45) is 0 Å². The van der Waals surface area contributed by atoms with Crippen molar-refractivity contribution in [3.05, 3.63) is 12.7 Å². The Bertz CT molecular complexity index is 231. The summed E-state index contributed by atoms with van der Waals surface area (Å²) >= 11 is 0. The minimum absolute atomic E-state index is 0.0265. The number of carbonyl (C=O) groups excluding carboxylic acids is 2. The fourth-order valence-corrected chi connectivity index (χ4v) is 0.959. The molecule has 6 nitrogen and oxygen atoms in total.